The Kier molecular flexibility index (Phi) is 6.00. The highest BCUT2D eigenvalue weighted by atomic mass is 35.5. The number of aromatic nitrogens is 1. The fourth-order valence-electron chi connectivity index (χ4n) is 3.05. The van der Waals surface area contributed by atoms with Crippen LogP contribution in [0.5, 0.6) is 5.75 Å². The minimum absolute atomic E-state index is 0. The van der Waals surface area contributed by atoms with Crippen LogP contribution in [0, 0.1) is 0 Å². The molecule has 2 aromatic rings. The van der Waals surface area contributed by atoms with E-state index in [1.807, 2.05) is 24.3 Å². The summed E-state index contributed by atoms with van der Waals surface area (Å²) in [6.45, 7) is 2.86. The van der Waals surface area contributed by atoms with E-state index in [2.05, 4.69) is 9.88 Å². The van der Waals surface area contributed by atoms with Gasteiger partial charge in [-0.1, -0.05) is 6.42 Å². The summed E-state index contributed by atoms with van der Waals surface area (Å²) in [6, 6.07) is 7.70. The zero-order chi connectivity index (χ0) is 14.7. The Morgan fingerprint density at radius 2 is 2.00 bits per heavy atom. The predicted molar refractivity (Wildman–Crippen MR) is 90.8 cm³/mol. The molecular formula is C17H23ClN2O2. The average molecular weight is 323 g/mol. The SMILES string of the molecule is COc1ccc2nccc(C(O)CN3CCCCC3)c2c1.Cl. The van der Waals surface area contributed by atoms with Crippen molar-refractivity contribution < 1.29 is 9.84 Å². The number of nitrogens with zero attached hydrogens (tertiary/aromatic N) is 2. The summed E-state index contributed by atoms with van der Waals surface area (Å²) in [5, 5.41) is 11.6. The number of rotatable bonds is 4. The van der Waals surface area contributed by atoms with Gasteiger partial charge in [0.25, 0.3) is 0 Å². The van der Waals surface area contributed by atoms with E-state index in [9.17, 15) is 5.11 Å². The molecule has 1 atom stereocenters. The monoisotopic (exact) mass is 322 g/mol. The minimum atomic E-state index is -0.485. The lowest BCUT2D eigenvalue weighted by molar-refractivity contribution is 0.102. The summed E-state index contributed by atoms with van der Waals surface area (Å²) in [5.74, 6) is 0.793. The first kappa shape index (κ1) is 17.0. The molecule has 0 aliphatic carbocycles. The quantitative estimate of drug-likeness (QED) is 0.939. The number of fused-ring (bicyclic) bond motifs is 1. The second-order valence-corrected chi connectivity index (χ2v) is 5.66. The van der Waals surface area contributed by atoms with E-state index < -0.39 is 6.10 Å². The summed E-state index contributed by atoms with van der Waals surface area (Å²) in [7, 11) is 1.65. The molecule has 1 N–H and O–H groups in total. The average Bonchev–Trinajstić information content (AvgIpc) is 2.54. The van der Waals surface area contributed by atoms with Gasteiger partial charge in [-0.25, -0.2) is 0 Å². The van der Waals surface area contributed by atoms with Gasteiger partial charge in [-0.15, -0.1) is 12.4 Å². The topological polar surface area (TPSA) is 45.6 Å². The van der Waals surface area contributed by atoms with Crippen LogP contribution in [-0.4, -0.2) is 41.7 Å². The predicted octanol–water partition coefficient (Wildman–Crippen LogP) is 3.18. The maximum absolute atomic E-state index is 10.6. The van der Waals surface area contributed by atoms with Crippen molar-refractivity contribution >= 4 is 23.3 Å². The van der Waals surface area contributed by atoms with E-state index in [1.54, 1.807) is 13.3 Å². The van der Waals surface area contributed by atoms with E-state index in [0.717, 1.165) is 35.3 Å². The fraction of sp³-hybridized carbons (Fsp3) is 0.471. The molecule has 0 amide bonds. The summed E-state index contributed by atoms with van der Waals surface area (Å²) >= 11 is 0. The Morgan fingerprint density at radius 3 is 2.73 bits per heavy atom. The third-order valence-electron chi connectivity index (χ3n) is 4.22. The number of methoxy groups -OCH3 is 1. The van der Waals surface area contributed by atoms with Gasteiger partial charge in [0.05, 0.1) is 18.7 Å². The number of benzene rings is 1. The highest BCUT2D eigenvalue weighted by Crippen LogP contribution is 2.27. The molecule has 0 radical (unpaired) electrons. The van der Waals surface area contributed by atoms with Crippen LogP contribution < -0.4 is 4.74 Å². The molecule has 1 saturated heterocycles. The maximum Gasteiger partial charge on any atom is 0.119 e. The third kappa shape index (κ3) is 3.69. The molecule has 1 unspecified atom stereocenters. The lowest BCUT2D eigenvalue weighted by Crippen LogP contribution is -2.33. The van der Waals surface area contributed by atoms with Crippen molar-refractivity contribution in [3.63, 3.8) is 0 Å². The van der Waals surface area contributed by atoms with E-state index in [-0.39, 0.29) is 12.4 Å². The number of aliphatic hydroxyl groups is 1. The van der Waals surface area contributed by atoms with Crippen molar-refractivity contribution in [2.45, 2.75) is 25.4 Å². The number of pyridine rings is 1. The molecule has 0 bridgehead atoms. The normalized spacial score (nSPS) is 17.0. The van der Waals surface area contributed by atoms with Crippen LogP contribution in [-0.2, 0) is 0 Å². The van der Waals surface area contributed by atoms with Gasteiger partial charge in [-0.2, -0.15) is 0 Å². The molecule has 120 valence electrons. The van der Waals surface area contributed by atoms with Gasteiger partial charge in [-0.05, 0) is 55.8 Å². The molecule has 1 aromatic carbocycles. The summed E-state index contributed by atoms with van der Waals surface area (Å²) in [5.41, 5.74) is 1.83. The molecule has 1 aliphatic heterocycles. The van der Waals surface area contributed by atoms with Crippen LogP contribution in [0.25, 0.3) is 10.9 Å². The molecule has 3 rings (SSSR count). The molecule has 5 heteroatoms. The van der Waals surface area contributed by atoms with Crippen molar-refractivity contribution in [2.75, 3.05) is 26.7 Å². The first-order chi connectivity index (χ1) is 10.3. The number of likely N-dealkylation sites (tertiary alicyclic amines) is 1. The minimum Gasteiger partial charge on any atom is -0.497 e. The van der Waals surface area contributed by atoms with Gasteiger partial charge in [0.1, 0.15) is 5.75 Å². The molecule has 1 aromatic heterocycles. The summed E-state index contributed by atoms with van der Waals surface area (Å²) in [6.07, 6.45) is 5.06. The van der Waals surface area contributed by atoms with Crippen LogP contribution >= 0.6 is 12.4 Å². The second-order valence-electron chi connectivity index (χ2n) is 5.66. The van der Waals surface area contributed by atoms with Gasteiger partial charge in [0.2, 0.25) is 0 Å². The Bertz CT molecular complexity index is 615. The van der Waals surface area contributed by atoms with Crippen LogP contribution in [0.3, 0.4) is 0 Å². The lowest BCUT2D eigenvalue weighted by atomic mass is 10.0. The Morgan fingerprint density at radius 1 is 1.23 bits per heavy atom. The molecule has 1 fully saturated rings. The fourth-order valence-corrected chi connectivity index (χ4v) is 3.05. The van der Waals surface area contributed by atoms with Gasteiger partial charge in [0, 0.05) is 18.1 Å². The number of halogens is 1. The molecule has 2 heterocycles. The van der Waals surface area contributed by atoms with E-state index in [0.29, 0.717) is 6.54 Å². The van der Waals surface area contributed by atoms with Crippen molar-refractivity contribution in [3.8, 4) is 5.75 Å². The highest BCUT2D eigenvalue weighted by Gasteiger charge is 2.18. The summed E-state index contributed by atoms with van der Waals surface area (Å²) in [4.78, 5) is 6.71. The van der Waals surface area contributed by atoms with Crippen molar-refractivity contribution in [1.82, 2.24) is 9.88 Å². The molecule has 0 spiro atoms. The van der Waals surface area contributed by atoms with Gasteiger partial charge < -0.3 is 14.7 Å². The zero-order valence-corrected chi connectivity index (χ0v) is 13.7. The van der Waals surface area contributed by atoms with Crippen LogP contribution in [0.4, 0.5) is 0 Å². The maximum atomic E-state index is 10.6. The molecular weight excluding hydrogens is 300 g/mol. The van der Waals surface area contributed by atoms with Crippen molar-refractivity contribution in [3.05, 3.63) is 36.0 Å². The smallest absolute Gasteiger partial charge is 0.119 e. The Balaban J connectivity index is 0.00000176. The standard InChI is InChI=1S/C17H22N2O2.ClH/c1-21-13-5-6-16-15(11-13)14(7-8-18-16)17(20)12-19-9-3-2-4-10-19;/h5-8,11,17,20H,2-4,9-10,12H2,1H3;1H. The van der Waals surface area contributed by atoms with Gasteiger partial charge in [0.15, 0.2) is 0 Å². The molecule has 0 saturated carbocycles. The Labute approximate surface area is 137 Å². The first-order valence-electron chi connectivity index (χ1n) is 7.61. The Hall–Kier alpha value is -1.36. The van der Waals surface area contributed by atoms with E-state index in [4.69, 9.17) is 4.74 Å². The highest BCUT2D eigenvalue weighted by molar-refractivity contribution is 5.85. The summed E-state index contributed by atoms with van der Waals surface area (Å²) < 4.78 is 5.29. The number of hydrogen-bond acceptors (Lipinski definition) is 4. The van der Waals surface area contributed by atoms with Gasteiger partial charge in [-0.3, -0.25) is 4.98 Å². The van der Waals surface area contributed by atoms with Crippen molar-refractivity contribution in [1.29, 1.82) is 0 Å². The number of ether oxygens (including phenoxy) is 1. The third-order valence-corrected chi connectivity index (χ3v) is 4.22. The zero-order valence-electron chi connectivity index (χ0n) is 12.9. The van der Waals surface area contributed by atoms with Crippen molar-refractivity contribution in [2.24, 2.45) is 0 Å². The van der Waals surface area contributed by atoms with Gasteiger partial charge >= 0.3 is 0 Å². The molecule has 4 nitrogen and oxygen atoms in total. The number of aliphatic hydroxyl groups excluding tert-OH is 1. The van der Waals surface area contributed by atoms with Crippen LogP contribution in [0.1, 0.15) is 30.9 Å². The van der Waals surface area contributed by atoms with Crippen LogP contribution in [0.2, 0.25) is 0 Å². The number of hydrogen-bond donors (Lipinski definition) is 1. The molecule has 1 aliphatic rings. The largest absolute Gasteiger partial charge is 0.497 e. The molecule has 22 heavy (non-hydrogen) atoms. The number of piperidine rings is 1. The van der Waals surface area contributed by atoms with E-state index >= 15 is 0 Å². The number of β-amino-alcohol motifs (C(OH)–C–C–N with tert-alkyl or cyclic N) is 1. The lowest BCUT2D eigenvalue weighted by Gasteiger charge is -2.28. The van der Waals surface area contributed by atoms with E-state index in [1.165, 1.54) is 19.3 Å². The first-order valence-corrected chi connectivity index (χ1v) is 7.61. The van der Waals surface area contributed by atoms with Crippen LogP contribution in [0.15, 0.2) is 30.5 Å². The second kappa shape index (κ2) is 7.77.